The summed E-state index contributed by atoms with van der Waals surface area (Å²) in [7, 11) is -2.41. The predicted octanol–water partition coefficient (Wildman–Crippen LogP) is -0.278. The van der Waals surface area contributed by atoms with Crippen molar-refractivity contribution in [1.82, 2.24) is 4.72 Å². The van der Waals surface area contributed by atoms with Crippen molar-refractivity contribution in [3.05, 3.63) is 18.2 Å². The summed E-state index contributed by atoms with van der Waals surface area (Å²) in [5.41, 5.74) is 5.21. The molecule has 0 aromatic heterocycles. The van der Waals surface area contributed by atoms with Crippen LogP contribution in [0.5, 0.6) is 0 Å². The number of nitrogens with two attached hydrogens (primary N) is 1. The third-order valence-corrected chi connectivity index (χ3v) is 4.70. The van der Waals surface area contributed by atoms with Gasteiger partial charge in [0.25, 0.3) is 0 Å². The first-order chi connectivity index (χ1) is 9.34. The van der Waals surface area contributed by atoms with Crippen LogP contribution in [0.3, 0.4) is 0 Å². The summed E-state index contributed by atoms with van der Waals surface area (Å²) in [6, 6.07) is 4.38. The van der Waals surface area contributed by atoms with Crippen LogP contribution in [0, 0.1) is 0 Å². The van der Waals surface area contributed by atoms with Crippen LogP contribution in [0.25, 0.3) is 0 Å². The second-order valence-electron chi connectivity index (χ2n) is 4.54. The van der Waals surface area contributed by atoms with Crippen molar-refractivity contribution in [2.24, 2.45) is 0 Å². The minimum atomic E-state index is -3.70. The predicted molar refractivity (Wildman–Crippen MR) is 77.9 cm³/mol. The zero-order chi connectivity index (χ0) is 15.4. The number of rotatable bonds is 7. The maximum Gasteiger partial charge on any atom is 0.242 e. The van der Waals surface area contributed by atoms with Crippen LogP contribution in [-0.4, -0.2) is 44.4 Å². The molecule has 0 atom stereocenters. The molecule has 0 heterocycles. The Balaban J connectivity index is 3.32. The standard InChI is InChI=1S/C12H21N3O4S/c1-3-12(7-16,8-17)15-10-5-4-9(13)6-11(10)20(18,19)14-2/h4-6,14-17H,3,7-8,13H2,1-2H3. The molecule has 0 saturated carbocycles. The maximum atomic E-state index is 12.0. The van der Waals surface area contributed by atoms with Crippen LogP contribution in [0.2, 0.25) is 0 Å². The minimum absolute atomic E-state index is 0.0280. The average Bonchev–Trinajstić information content (AvgIpc) is 2.46. The molecule has 1 aromatic rings. The van der Waals surface area contributed by atoms with Crippen LogP contribution in [-0.2, 0) is 10.0 Å². The number of benzene rings is 1. The van der Waals surface area contributed by atoms with Crippen LogP contribution < -0.4 is 15.8 Å². The number of aliphatic hydroxyl groups excluding tert-OH is 2. The Kier molecular flexibility index (Phi) is 5.35. The second-order valence-corrected chi connectivity index (χ2v) is 6.39. The lowest BCUT2D eigenvalue weighted by Gasteiger charge is -2.31. The molecular formula is C12H21N3O4S. The molecule has 7 nitrogen and oxygen atoms in total. The Bertz CT molecular complexity index is 548. The first-order valence-corrected chi connectivity index (χ1v) is 7.65. The third kappa shape index (κ3) is 3.40. The van der Waals surface area contributed by atoms with Crippen LogP contribution in [0.1, 0.15) is 13.3 Å². The van der Waals surface area contributed by atoms with Crippen molar-refractivity contribution in [1.29, 1.82) is 0 Å². The molecule has 0 aliphatic rings. The van der Waals surface area contributed by atoms with E-state index < -0.39 is 15.6 Å². The van der Waals surface area contributed by atoms with Gasteiger partial charge in [-0.15, -0.1) is 0 Å². The number of sulfonamides is 1. The highest BCUT2D eigenvalue weighted by molar-refractivity contribution is 7.89. The van der Waals surface area contributed by atoms with E-state index in [2.05, 4.69) is 10.0 Å². The lowest BCUT2D eigenvalue weighted by Crippen LogP contribution is -2.45. The van der Waals surface area contributed by atoms with Crippen LogP contribution in [0.4, 0.5) is 11.4 Å². The van der Waals surface area contributed by atoms with E-state index in [1.165, 1.54) is 19.2 Å². The van der Waals surface area contributed by atoms with Crippen LogP contribution in [0.15, 0.2) is 23.1 Å². The van der Waals surface area contributed by atoms with Gasteiger partial charge in [0, 0.05) is 5.69 Å². The van der Waals surface area contributed by atoms with Gasteiger partial charge in [0.1, 0.15) is 4.90 Å². The van der Waals surface area contributed by atoms with Crippen molar-refractivity contribution in [2.75, 3.05) is 31.3 Å². The molecule has 0 fully saturated rings. The van der Waals surface area contributed by atoms with E-state index in [1.54, 1.807) is 13.0 Å². The Labute approximate surface area is 118 Å². The normalized spacial score (nSPS) is 12.4. The van der Waals surface area contributed by atoms with Crippen LogP contribution >= 0.6 is 0 Å². The number of nitrogens with one attached hydrogen (secondary N) is 2. The smallest absolute Gasteiger partial charge is 0.242 e. The number of hydrogen-bond donors (Lipinski definition) is 5. The highest BCUT2D eigenvalue weighted by Gasteiger charge is 2.29. The zero-order valence-electron chi connectivity index (χ0n) is 11.5. The summed E-state index contributed by atoms with van der Waals surface area (Å²) < 4.78 is 26.2. The maximum absolute atomic E-state index is 12.0. The first kappa shape index (κ1) is 16.7. The molecular weight excluding hydrogens is 282 g/mol. The molecule has 8 heteroatoms. The molecule has 0 aliphatic carbocycles. The summed E-state index contributed by atoms with van der Waals surface area (Å²) in [6.07, 6.45) is 0.420. The van der Waals surface area contributed by atoms with Gasteiger partial charge in [-0.05, 0) is 31.7 Å². The summed E-state index contributed by atoms with van der Waals surface area (Å²) >= 11 is 0. The zero-order valence-corrected chi connectivity index (χ0v) is 12.4. The molecule has 20 heavy (non-hydrogen) atoms. The van der Waals surface area contributed by atoms with Crippen molar-refractivity contribution in [3.8, 4) is 0 Å². The molecule has 0 unspecified atom stereocenters. The monoisotopic (exact) mass is 303 g/mol. The second kappa shape index (κ2) is 6.40. The first-order valence-electron chi connectivity index (χ1n) is 6.17. The number of nitrogen functional groups attached to an aromatic ring is 1. The minimum Gasteiger partial charge on any atom is -0.399 e. The van der Waals surface area contributed by atoms with E-state index in [9.17, 15) is 18.6 Å². The summed E-state index contributed by atoms with van der Waals surface area (Å²) in [4.78, 5) is -0.0280. The van der Waals surface area contributed by atoms with Crippen molar-refractivity contribution in [2.45, 2.75) is 23.8 Å². The molecule has 0 saturated heterocycles. The molecule has 1 aromatic carbocycles. The van der Waals surface area contributed by atoms with Gasteiger partial charge in [-0.3, -0.25) is 0 Å². The Hall–Kier alpha value is -1.35. The molecule has 1 rings (SSSR count). The molecule has 0 amide bonds. The van der Waals surface area contributed by atoms with Gasteiger partial charge in [0.05, 0.1) is 24.4 Å². The SMILES string of the molecule is CCC(CO)(CO)Nc1ccc(N)cc1S(=O)(=O)NC. The molecule has 6 N–H and O–H groups in total. The van der Waals surface area contributed by atoms with Crippen molar-refractivity contribution < 1.29 is 18.6 Å². The van der Waals surface area contributed by atoms with Gasteiger partial charge >= 0.3 is 0 Å². The Morgan fingerprint density at radius 3 is 2.35 bits per heavy atom. The molecule has 0 spiro atoms. The van der Waals surface area contributed by atoms with Crippen molar-refractivity contribution in [3.63, 3.8) is 0 Å². The Morgan fingerprint density at radius 2 is 1.90 bits per heavy atom. The number of hydrogen-bond acceptors (Lipinski definition) is 6. The van der Waals surface area contributed by atoms with E-state index in [-0.39, 0.29) is 23.8 Å². The fourth-order valence-corrected chi connectivity index (χ4v) is 2.62. The largest absolute Gasteiger partial charge is 0.399 e. The molecule has 0 radical (unpaired) electrons. The van der Waals surface area contributed by atoms with Gasteiger partial charge in [0.15, 0.2) is 0 Å². The summed E-state index contributed by atoms with van der Waals surface area (Å²) in [5, 5.41) is 21.8. The van der Waals surface area contributed by atoms with Gasteiger partial charge in [-0.1, -0.05) is 6.92 Å². The molecule has 0 aliphatic heterocycles. The quantitative estimate of drug-likeness (QED) is 0.441. The lowest BCUT2D eigenvalue weighted by molar-refractivity contribution is 0.132. The van der Waals surface area contributed by atoms with E-state index in [1.807, 2.05) is 0 Å². The van der Waals surface area contributed by atoms with E-state index in [0.29, 0.717) is 12.1 Å². The fraction of sp³-hybridized carbons (Fsp3) is 0.500. The number of anilines is 2. The highest BCUT2D eigenvalue weighted by Crippen LogP contribution is 2.27. The van der Waals surface area contributed by atoms with Gasteiger partial charge in [-0.25, -0.2) is 13.1 Å². The van der Waals surface area contributed by atoms with E-state index in [0.717, 1.165) is 0 Å². The number of aliphatic hydroxyl groups is 2. The van der Waals surface area contributed by atoms with E-state index >= 15 is 0 Å². The van der Waals surface area contributed by atoms with Gasteiger partial charge < -0.3 is 21.3 Å². The fourth-order valence-electron chi connectivity index (χ4n) is 1.70. The summed E-state index contributed by atoms with van der Waals surface area (Å²) in [6.45, 7) is 1.12. The van der Waals surface area contributed by atoms with Crippen molar-refractivity contribution >= 4 is 21.4 Å². The van der Waals surface area contributed by atoms with Gasteiger partial charge in [0.2, 0.25) is 10.0 Å². The van der Waals surface area contributed by atoms with E-state index in [4.69, 9.17) is 5.73 Å². The topological polar surface area (TPSA) is 125 Å². The lowest BCUT2D eigenvalue weighted by atomic mass is 9.98. The average molecular weight is 303 g/mol. The Morgan fingerprint density at radius 1 is 1.30 bits per heavy atom. The highest BCUT2D eigenvalue weighted by atomic mass is 32.2. The summed E-state index contributed by atoms with van der Waals surface area (Å²) in [5.74, 6) is 0. The van der Waals surface area contributed by atoms with Gasteiger partial charge in [-0.2, -0.15) is 0 Å². The molecule has 0 bridgehead atoms. The molecule has 114 valence electrons. The third-order valence-electron chi connectivity index (χ3n) is 3.25.